The van der Waals surface area contributed by atoms with Crippen LogP contribution in [0.1, 0.15) is 26.2 Å². The van der Waals surface area contributed by atoms with E-state index in [-0.39, 0.29) is 41.7 Å². The maximum atomic E-state index is 13.0. The first-order chi connectivity index (χ1) is 14.6. The molecule has 6 nitrogen and oxygen atoms in total. The molecule has 0 spiro atoms. The van der Waals surface area contributed by atoms with Crippen LogP contribution >= 0.6 is 35.7 Å². The highest BCUT2D eigenvalue weighted by Crippen LogP contribution is 2.18. The van der Waals surface area contributed by atoms with Gasteiger partial charge in [0, 0.05) is 57.8 Å². The van der Waals surface area contributed by atoms with Crippen molar-refractivity contribution in [1.29, 1.82) is 0 Å². The van der Waals surface area contributed by atoms with E-state index >= 15 is 0 Å². The molecule has 2 aliphatic rings. The number of halogens is 2. The number of likely N-dealkylation sites (tertiary alicyclic amines) is 1. The minimum absolute atomic E-state index is 0. The lowest BCUT2D eigenvalue weighted by atomic mass is 10.2. The number of thioether (sulfide) groups is 1. The molecule has 2 heterocycles. The summed E-state index contributed by atoms with van der Waals surface area (Å²) in [5.41, 5.74) is 0. The van der Waals surface area contributed by atoms with E-state index < -0.39 is 0 Å². The SMILES string of the molecule is CN=C(NCCCSc1ccc(F)cc1)N1CCN(C(C)C(=O)N2CCCC2)CC1.I. The second kappa shape index (κ2) is 13.5. The van der Waals surface area contributed by atoms with Crippen LogP contribution in [0, 0.1) is 5.82 Å². The normalized spacial score (nSPS) is 18.6. The average Bonchev–Trinajstić information content (AvgIpc) is 3.32. The fraction of sp³-hybridized carbons (Fsp3) is 0.636. The van der Waals surface area contributed by atoms with Gasteiger partial charge < -0.3 is 15.1 Å². The summed E-state index contributed by atoms with van der Waals surface area (Å²) < 4.78 is 13.0. The molecule has 1 aromatic carbocycles. The van der Waals surface area contributed by atoms with E-state index in [0.717, 1.165) is 81.7 Å². The van der Waals surface area contributed by atoms with Gasteiger partial charge in [-0.15, -0.1) is 35.7 Å². The molecule has 0 aliphatic carbocycles. The van der Waals surface area contributed by atoms with E-state index in [0.29, 0.717) is 0 Å². The molecule has 0 bridgehead atoms. The maximum Gasteiger partial charge on any atom is 0.239 e. The average molecular weight is 564 g/mol. The molecule has 1 aromatic rings. The summed E-state index contributed by atoms with van der Waals surface area (Å²) in [5.74, 6) is 1.99. The van der Waals surface area contributed by atoms with Crippen LogP contribution in [0.5, 0.6) is 0 Å². The number of piperazine rings is 1. The minimum Gasteiger partial charge on any atom is -0.356 e. The van der Waals surface area contributed by atoms with Gasteiger partial charge >= 0.3 is 0 Å². The van der Waals surface area contributed by atoms with Crippen molar-refractivity contribution in [2.75, 3.05) is 58.6 Å². The summed E-state index contributed by atoms with van der Waals surface area (Å²) in [7, 11) is 1.82. The Balaban J connectivity index is 0.00000341. The number of carbonyl (C=O) groups is 1. The zero-order valence-corrected chi connectivity index (χ0v) is 21.7. The Hall–Kier alpha value is -1.07. The minimum atomic E-state index is -0.195. The number of carbonyl (C=O) groups excluding carboxylic acids is 1. The molecule has 0 aromatic heterocycles. The van der Waals surface area contributed by atoms with Gasteiger partial charge in [-0.3, -0.25) is 14.7 Å². The lowest BCUT2D eigenvalue weighted by Gasteiger charge is -2.39. The highest BCUT2D eigenvalue weighted by molar-refractivity contribution is 14.0. The van der Waals surface area contributed by atoms with E-state index in [1.807, 2.05) is 31.0 Å². The molecule has 2 aliphatic heterocycles. The van der Waals surface area contributed by atoms with Crippen LogP contribution in [0.25, 0.3) is 0 Å². The van der Waals surface area contributed by atoms with Gasteiger partial charge in [0.15, 0.2) is 5.96 Å². The first-order valence-corrected chi connectivity index (χ1v) is 11.9. The Bertz CT molecular complexity index is 706. The van der Waals surface area contributed by atoms with Crippen molar-refractivity contribution < 1.29 is 9.18 Å². The topological polar surface area (TPSA) is 51.2 Å². The molecule has 174 valence electrons. The van der Waals surface area contributed by atoms with E-state index in [2.05, 4.69) is 20.1 Å². The van der Waals surface area contributed by atoms with Crippen molar-refractivity contribution in [2.45, 2.75) is 37.1 Å². The third-order valence-electron chi connectivity index (χ3n) is 5.84. The van der Waals surface area contributed by atoms with Crippen molar-refractivity contribution in [2.24, 2.45) is 4.99 Å². The fourth-order valence-corrected chi connectivity index (χ4v) is 4.86. The Morgan fingerprint density at radius 1 is 1.10 bits per heavy atom. The molecule has 31 heavy (non-hydrogen) atoms. The van der Waals surface area contributed by atoms with Gasteiger partial charge in [-0.2, -0.15) is 0 Å². The number of aliphatic imine (C=N–C) groups is 1. The number of rotatable bonds is 7. The molecule has 3 rings (SSSR count). The second-order valence-electron chi connectivity index (χ2n) is 7.86. The van der Waals surface area contributed by atoms with Crippen LogP contribution in [-0.4, -0.2) is 91.2 Å². The van der Waals surface area contributed by atoms with Gasteiger partial charge in [-0.25, -0.2) is 4.39 Å². The lowest BCUT2D eigenvalue weighted by molar-refractivity contribution is -0.135. The quantitative estimate of drug-likeness (QED) is 0.182. The number of guanidine groups is 1. The highest BCUT2D eigenvalue weighted by Gasteiger charge is 2.30. The van der Waals surface area contributed by atoms with Crippen molar-refractivity contribution in [3.8, 4) is 0 Å². The maximum absolute atomic E-state index is 13.0. The van der Waals surface area contributed by atoms with Crippen LogP contribution in [0.4, 0.5) is 4.39 Å². The number of nitrogens with zero attached hydrogens (tertiary/aromatic N) is 4. The predicted octanol–water partition coefficient (Wildman–Crippen LogP) is 3.13. The van der Waals surface area contributed by atoms with Crippen LogP contribution in [0.3, 0.4) is 0 Å². The van der Waals surface area contributed by atoms with Gasteiger partial charge in [0.25, 0.3) is 0 Å². The van der Waals surface area contributed by atoms with E-state index in [9.17, 15) is 9.18 Å². The summed E-state index contributed by atoms with van der Waals surface area (Å²) in [6.45, 7) is 8.23. The highest BCUT2D eigenvalue weighted by atomic mass is 127. The molecular formula is C22H35FIN5OS. The Labute approximate surface area is 207 Å². The molecule has 1 atom stereocenters. The Kier molecular flexibility index (Phi) is 11.4. The van der Waals surface area contributed by atoms with Gasteiger partial charge in [-0.05, 0) is 56.2 Å². The molecule has 9 heteroatoms. The summed E-state index contributed by atoms with van der Waals surface area (Å²) in [4.78, 5) is 24.8. The standard InChI is InChI=1S/C22H34FN5OS.HI/c1-18(21(29)27-11-3-4-12-27)26-13-15-28(16-14-26)22(24-2)25-10-5-17-30-20-8-6-19(23)7-9-20;/h6-9,18H,3-5,10-17H2,1-2H3,(H,24,25);1H. The number of amides is 1. The smallest absolute Gasteiger partial charge is 0.239 e. The van der Waals surface area contributed by atoms with E-state index in [1.165, 1.54) is 12.1 Å². The molecule has 2 fully saturated rings. The molecule has 0 radical (unpaired) electrons. The van der Waals surface area contributed by atoms with Crippen molar-refractivity contribution >= 4 is 47.6 Å². The number of nitrogens with one attached hydrogen (secondary N) is 1. The number of hydrogen-bond acceptors (Lipinski definition) is 4. The lowest BCUT2D eigenvalue weighted by Crippen LogP contribution is -2.57. The van der Waals surface area contributed by atoms with Crippen molar-refractivity contribution in [1.82, 2.24) is 20.0 Å². The summed E-state index contributed by atoms with van der Waals surface area (Å²) in [6, 6.07) is 6.61. The molecule has 1 amide bonds. The second-order valence-corrected chi connectivity index (χ2v) is 9.03. The summed E-state index contributed by atoms with van der Waals surface area (Å²) >= 11 is 1.74. The van der Waals surface area contributed by atoms with E-state index in [1.54, 1.807) is 11.8 Å². The molecule has 1 N–H and O–H groups in total. The third-order valence-corrected chi connectivity index (χ3v) is 6.93. The van der Waals surface area contributed by atoms with Gasteiger partial charge in [0.1, 0.15) is 5.82 Å². The van der Waals surface area contributed by atoms with Crippen LogP contribution in [0.15, 0.2) is 34.2 Å². The van der Waals surface area contributed by atoms with Gasteiger partial charge in [0.05, 0.1) is 6.04 Å². The summed E-state index contributed by atoms with van der Waals surface area (Å²) in [5, 5.41) is 3.46. The zero-order chi connectivity index (χ0) is 21.3. The zero-order valence-electron chi connectivity index (χ0n) is 18.6. The molecule has 2 saturated heterocycles. The van der Waals surface area contributed by atoms with Crippen LogP contribution in [0.2, 0.25) is 0 Å². The molecular weight excluding hydrogens is 528 g/mol. The number of hydrogen-bond donors (Lipinski definition) is 1. The number of benzene rings is 1. The van der Waals surface area contributed by atoms with E-state index in [4.69, 9.17) is 0 Å². The van der Waals surface area contributed by atoms with Crippen LogP contribution < -0.4 is 5.32 Å². The van der Waals surface area contributed by atoms with Crippen molar-refractivity contribution in [3.05, 3.63) is 30.1 Å². The fourth-order valence-electron chi connectivity index (χ4n) is 4.00. The Morgan fingerprint density at radius 2 is 1.74 bits per heavy atom. The van der Waals surface area contributed by atoms with Gasteiger partial charge in [-0.1, -0.05) is 0 Å². The van der Waals surface area contributed by atoms with Gasteiger partial charge in [0.2, 0.25) is 5.91 Å². The first kappa shape index (κ1) is 26.2. The predicted molar refractivity (Wildman–Crippen MR) is 137 cm³/mol. The summed E-state index contributed by atoms with van der Waals surface area (Å²) in [6.07, 6.45) is 3.27. The third kappa shape index (κ3) is 7.78. The van der Waals surface area contributed by atoms with Crippen molar-refractivity contribution in [3.63, 3.8) is 0 Å². The molecule has 1 unspecified atom stereocenters. The largest absolute Gasteiger partial charge is 0.356 e. The monoisotopic (exact) mass is 563 g/mol. The molecule has 0 saturated carbocycles. The first-order valence-electron chi connectivity index (χ1n) is 11.0. The Morgan fingerprint density at radius 3 is 2.35 bits per heavy atom. The van der Waals surface area contributed by atoms with Crippen LogP contribution in [-0.2, 0) is 4.79 Å².